The SMILES string of the molecule is CCn1c(=O)n(N(C(=O)c2ccccc2)C(=O)c2ccccc2)c(=O)c2cc(F)c(F)cc21. The number of carbonyl (C=O) groups excluding carboxylic acids is 2. The van der Waals surface area contributed by atoms with Gasteiger partial charge in [0, 0.05) is 23.7 Å². The fourth-order valence-electron chi connectivity index (χ4n) is 3.51. The van der Waals surface area contributed by atoms with Crippen molar-refractivity contribution in [3.05, 3.63) is 116 Å². The predicted molar refractivity (Wildman–Crippen MR) is 118 cm³/mol. The van der Waals surface area contributed by atoms with Crippen LogP contribution in [0.2, 0.25) is 0 Å². The van der Waals surface area contributed by atoms with Crippen molar-refractivity contribution in [3.63, 3.8) is 0 Å². The van der Waals surface area contributed by atoms with E-state index in [2.05, 4.69) is 0 Å². The van der Waals surface area contributed by atoms with Crippen LogP contribution >= 0.6 is 0 Å². The van der Waals surface area contributed by atoms with Crippen molar-refractivity contribution >= 4 is 22.7 Å². The first-order valence-electron chi connectivity index (χ1n) is 9.99. The average molecular weight is 449 g/mol. The largest absolute Gasteiger partial charge is 0.351 e. The Balaban J connectivity index is 2.07. The molecular formula is C24H17F2N3O4. The Kier molecular flexibility index (Phi) is 5.70. The number of hydrogen-bond acceptors (Lipinski definition) is 4. The first-order valence-corrected chi connectivity index (χ1v) is 9.99. The highest BCUT2D eigenvalue weighted by molar-refractivity contribution is 6.20. The van der Waals surface area contributed by atoms with Gasteiger partial charge in [0.1, 0.15) is 0 Å². The van der Waals surface area contributed by atoms with Crippen LogP contribution < -0.4 is 16.3 Å². The summed E-state index contributed by atoms with van der Waals surface area (Å²) in [7, 11) is 0. The lowest BCUT2D eigenvalue weighted by Gasteiger charge is -2.23. The van der Waals surface area contributed by atoms with Gasteiger partial charge in [0.25, 0.3) is 17.4 Å². The molecule has 0 bridgehead atoms. The number of rotatable bonds is 4. The zero-order valence-corrected chi connectivity index (χ0v) is 17.4. The Bertz CT molecular complexity index is 1440. The molecule has 0 N–H and O–H groups in total. The quantitative estimate of drug-likeness (QED) is 0.449. The lowest BCUT2D eigenvalue weighted by Crippen LogP contribution is -2.57. The molecule has 0 saturated carbocycles. The normalized spacial score (nSPS) is 10.9. The lowest BCUT2D eigenvalue weighted by atomic mass is 10.1. The number of imide groups is 1. The summed E-state index contributed by atoms with van der Waals surface area (Å²) in [5.41, 5.74) is -2.24. The third-order valence-electron chi connectivity index (χ3n) is 5.11. The Morgan fingerprint density at radius 3 is 1.79 bits per heavy atom. The average Bonchev–Trinajstić information content (AvgIpc) is 2.84. The third kappa shape index (κ3) is 3.73. The maximum absolute atomic E-state index is 14.0. The van der Waals surface area contributed by atoms with Crippen molar-refractivity contribution in [3.8, 4) is 0 Å². The standard InChI is InChI=1S/C24H17F2N3O4/c1-2-27-20-14-19(26)18(25)13-17(20)23(32)29(24(27)33)28(21(30)15-9-5-3-6-10-15)22(31)16-11-7-4-8-12-16/h3-14H,2H2,1H3. The summed E-state index contributed by atoms with van der Waals surface area (Å²) in [6.45, 7) is 1.52. The molecule has 0 saturated heterocycles. The Morgan fingerprint density at radius 1 is 0.818 bits per heavy atom. The molecule has 166 valence electrons. The number of fused-ring (bicyclic) bond motifs is 1. The van der Waals surface area contributed by atoms with E-state index in [1.54, 1.807) is 43.3 Å². The summed E-state index contributed by atoms with van der Waals surface area (Å²) in [5.74, 6) is -4.41. The molecule has 9 heteroatoms. The van der Waals surface area contributed by atoms with Gasteiger partial charge in [-0.3, -0.25) is 19.0 Å². The Labute approximate surface area is 185 Å². The highest BCUT2D eigenvalue weighted by Gasteiger charge is 2.30. The molecule has 0 unspecified atom stereocenters. The minimum absolute atomic E-state index is 0.0341. The molecule has 0 fully saturated rings. The van der Waals surface area contributed by atoms with Crippen LogP contribution in [-0.2, 0) is 6.54 Å². The fraction of sp³-hybridized carbons (Fsp3) is 0.0833. The third-order valence-corrected chi connectivity index (χ3v) is 5.11. The first-order chi connectivity index (χ1) is 15.8. The minimum atomic E-state index is -1.30. The summed E-state index contributed by atoms with van der Waals surface area (Å²) < 4.78 is 29.2. The van der Waals surface area contributed by atoms with Crippen LogP contribution in [0.4, 0.5) is 8.78 Å². The number of nitrogens with zero attached hydrogens (tertiary/aromatic N) is 3. The van der Waals surface area contributed by atoms with Crippen molar-refractivity contribution in [1.82, 2.24) is 9.24 Å². The number of halogens is 2. The molecule has 0 radical (unpaired) electrons. The van der Waals surface area contributed by atoms with Gasteiger partial charge in [0.05, 0.1) is 10.9 Å². The maximum Gasteiger partial charge on any atom is 0.351 e. The zero-order chi connectivity index (χ0) is 23.7. The smallest absolute Gasteiger partial charge is 0.292 e. The van der Waals surface area contributed by atoms with Crippen LogP contribution in [0.15, 0.2) is 82.4 Å². The highest BCUT2D eigenvalue weighted by Crippen LogP contribution is 2.16. The minimum Gasteiger partial charge on any atom is -0.292 e. The topological polar surface area (TPSA) is 81.4 Å². The summed E-state index contributed by atoms with van der Waals surface area (Å²) in [5, 5.41) is 0.0735. The van der Waals surface area contributed by atoms with Gasteiger partial charge in [-0.1, -0.05) is 36.4 Å². The molecule has 33 heavy (non-hydrogen) atoms. The van der Waals surface area contributed by atoms with Crippen molar-refractivity contribution in [1.29, 1.82) is 0 Å². The molecule has 2 amide bonds. The van der Waals surface area contributed by atoms with Crippen molar-refractivity contribution in [2.24, 2.45) is 0 Å². The van der Waals surface area contributed by atoms with Crippen LogP contribution in [0.1, 0.15) is 27.6 Å². The van der Waals surface area contributed by atoms with Crippen molar-refractivity contribution < 1.29 is 18.4 Å². The van der Waals surface area contributed by atoms with E-state index >= 15 is 0 Å². The molecule has 3 aromatic carbocycles. The number of carbonyl (C=O) groups is 2. The molecular weight excluding hydrogens is 432 g/mol. The monoisotopic (exact) mass is 449 g/mol. The van der Waals surface area contributed by atoms with Gasteiger partial charge in [0.15, 0.2) is 11.6 Å². The van der Waals surface area contributed by atoms with Gasteiger partial charge in [-0.05, 0) is 37.3 Å². The van der Waals surface area contributed by atoms with Crippen LogP contribution in [0, 0.1) is 11.6 Å². The summed E-state index contributed by atoms with van der Waals surface area (Å²) in [6, 6.07) is 16.6. The van der Waals surface area contributed by atoms with Crippen LogP contribution in [-0.4, -0.2) is 21.1 Å². The molecule has 0 atom stereocenters. The highest BCUT2D eigenvalue weighted by atomic mass is 19.2. The van der Waals surface area contributed by atoms with E-state index in [1.807, 2.05) is 0 Å². The van der Waals surface area contributed by atoms with E-state index in [4.69, 9.17) is 0 Å². The summed E-state index contributed by atoms with van der Waals surface area (Å²) in [4.78, 5) is 53.4. The Hall–Kier alpha value is -4.40. The second-order valence-electron chi connectivity index (χ2n) is 7.08. The van der Waals surface area contributed by atoms with Gasteiger partial charge >= 0.3 is 5.69 Å². The maximum atomic E-state index is 14.0. The molecule has 0 aliphatic rings. The van der Waals surface area contributed by atoms with Crippen LogP contribution in [0.3, 0.4) is 0 Å². The number of amides is 2. The van der Waals surface area contributed by atoms with Crippen molar-refractivity contribution in [2.75, 3.05) is 5.01 Å². The molecule has 0 aliphatic heterocycles. The number of aryl methyl sites for hydroxylation is 1. The van der Waals surface area contributed by atoms with Gasteiger partial charge in [0.2, 0.25) is 0 Å². The molecule has 4 aromatic rings. The fourth-order valence-corrected chi connectivity index (χ4v) is 3.51. The molecule has 4 rings (SSSR count). The van der Waals surface area contributed by atoms with Gasteiger partial charge in [-0.25, -0.2) is 13.6 Å². The van der Waals surface area contributed by atoms with E-state index in [-0.39, 0.29) is 28.6 Å². The van der Waals surface area contributed by atoms with E-state index in [9.17, 15) is 28.0 Å². The molecule has 1 aromatic heterocycles. The van der Waals surface area contributed by atoms with Gasteiger partial charge < -0.3 is 0 Å². The van der Waals surface area contributed by atoms with E-state index in [1.165, 1.54) is 24.3 Å². The van der Waals surface area contributed by atoms with E-state index in [0.29, 0.717) is 15.8 Å². The first kappa shape index (κ1) is 21.8. The lowest BCUT2D eigenvalue weighted by molar-refractivity contribution is 0.0851. The van der Waals surface area contributed by atoms with Gasteiger partial charge in [-0.2, -0.15) is 9.69 Å². The molecule has 1 heterocycles. The molecule has 7 nitrogen and oxygen atoms in total. The number of aromatic nitrogens is 2. The number of hydrogen-bond donors (Lipinski definition) is 0. The second-order valence-corrected chi connectivity index (χ2v) is 7.08. The summed E-state index contributed by atoms with van der Waals surface area (Å²) in [6.07, 6.45) is 0. The van der Waals surface area contributed by atoms with Crippen molar-refractivity contribution in [2.45, 2.75) is 13.5 Å². The van der Waals surface area contributed by atoms with E-state index in [0.717, 1.165) is 10.6 Å². The van der Waals surface area contributed by atoms with Crippen LogP contribution in [0.25, 0.3) is 10.9 Å². The number of benzene rings is 3. The summed E-state index contributed by atoms with van der Waals surface area (Å²) >= 11 is 0. The van der Waals surface area contributed by atoms with Gasteiger partial charge in [-0.15, -0.1) is 0 Å². The Morgan fingerprint density at radius 2 is 1.30 bits per heavy atom. The van der Waals surface area contributed by atoms with Crippen LogP contribution in [0.5, 0.6) is 0 Å². The predicted octanol–water partition coefficient (Wildman–Crippen LogP) is 3.08. The second kappa shape index (κ2) is 8.62. The zero-order valence-electron chi connectivity index (χ0n) is 17.4. The van der Waals surface area contributed by atoms with E-state index < -0.39 is 34.7 Å². The molecule has 0 aliphatic carbocycles. The molecule has 0 spiro atoms.